The van der Waals surface area contributed by atoms with Crippen LogP contribution in [0.2, 0.25) is 0 Å². The molecule has 0 saturated heterocycles. The Labute approximate surface area is 107 Å². The van der Waals surface area contributed by atoms with Crippen LogP contribution >= 0.6 is 0 Å². The Morgan fingerprint density at radius 2 is 1.71 bits per heavy atom. The minimum Gasteiger partial charge on any atom is -0.373 e. The first-order valence-electron chi connectivity index (χ1n) is 7.74. The second kappa shape index (κ2) is 6.75. The summed E-state index contributed by atoms with van der Waals surface area (Å²) in [4.78, 5) is 0. The van der Waals surface area contributed by atoms with Crippen LogP contribution in [0.25, 0.3) is 0 Å². The van der Waals surface area contributed by atoms with Gasteiger partial charge in [0.15, 0.2) is 0 Å². The summed E-state index contributed by atoms with van der Waals surface area (Å²) in [5, 5.41) is 3.59. The second-order valence-electron chi connectivity index (χ2n) is 5.76. The van der Waals surface area contributed by atoms with E-state index in [-0.39, 0.29) is 0 Å². The third kappa shape index (κ3) is 3.45. The highest BCUT2D eigenvalue weighted by molar-refractivity contribution is 4.86. The molecule has 100 valence electrons. The highest BCUT2D eigenvalue weighted by atomic mass is 16.5. The highest BCUT2D eigenvalue weighted by Gasteiger charge is 2.32. The molecule has 2 nitrogen and oxygen atoms in total. The van der Waals surface area contributed by atoms with Crippen molar-refractivity contribution in [3.63, 3.8) is 0 Å². The lowest BCUT2D eigenvalue weighted by Crippen LogP contribution is -2.41. The van der Waals surface area contributed by atoms with Crippen molar-refractivity contribution in [3.8, 4) is 0 Å². The van der Waals surface area contributed by atoms with Gasteiger partial charge in [-0.25, -0.2) is 0 Å². The number of ether oxygens (including phenoxy) is 1. The largest absolute Gasteiger partial charge is 0.373 e. The molecule has 1 N–H and O–H groups in total. The van der Waals surface area contributed by atoms with Gasteiger partial charge in [0.25, 0.3) is 0 Å². The monoisotopic (exact) mass is 239 g/mol. The zero-order valence-electron chi connectivity index (χ0n) is 11.6. The van der Waals surface area contributed by atoms with Gasteiger partial charge in [0.05, 0.1) is 12.2 Å². The lowest BCUT2D eigenvalue weighted by molar-refractivity contribution is -0.0666. The molecule has 0 spiro atoms. The normalized spacial score (nSPS) is 38.5. The Morgan fingerprint density at radius 3 is 2.47 bits per heavy atom. The molecule has 0 radical (unpaired) electrons. The van der Waals surface area contributed by atoms with Crippen LogP contribution in [-0.4, -0.2) is 24.8 Å². The van der Waals surface area contributed by atoms with Crippen LogP contribution in [0.3, 0.4) is 0 Å². The van der Waals surface area contributed by atoms with Crippen molar-refractivity contribution in [2.75, 3.05) is 6.54 Å². The predicted octanol–water partition coefficient (Wildman–Crippen LogP) is 3.50. The van der Waals surface area contributed by atoms with Crippen molar-refractivity contribution in [1.82, 2.24) is 5.32 Å². The molecular weight excluding hydrogens is 210 g/mol. The summed E-state index contributed by atoms with van der Waals surface area (Å²) in [5.74, 6) is 0.826. The summed E-state index contributed by atoms with van der Waals surface area (Å²) < 4.78 is 6.46. The first-order valence-corrected chi connectivity index (χ1v) is 7.74. The van der Waals surface area contributed by atoms with E-state index in [0.29, 0.717) is 18.2 Å². The fraction of sp³-hybridized carbons (Fsp3) is 1.00. The van der Waals surface area contributed by atoms with Gasteiger partial charge in [-0.15, -0.1) is 0 Å². The maximum atomic E-state index is 6.46. The molecule has 2 rings (SSSR count). The molecule has 0 aromatic rings. The molecular formula is C15H29NO. The number of hydrogen-bond acceptors (Lipinski definition) is 2. The molecule has 2 aliphatic rings. The van der Waals surface area contributed by atoms with Gasteiger partial charge >= 0.3 is 0 Å². The van der Waals surface area contributed by atoms with E-state index in [1.165, 1.54) is 51.4 Å². The van der Waals surface area contributed by atoms with Crippen molar-refractivity contribution in [3.05, 3.63) is 0 Å². The van der Waals surface area contributed by atoms with Gasteiger partial charge in [-0.05, 0) is 44.6 Å². The lowest BCUT2D eigenvalue weighted by atomic mass is 9.84. The molecule has 0 aliphatic heterocycles. The van der Waals surface area contributed by atoms with Crippen molar-refractivity contribution < 1.29 is 4.74 Å². The van der Waals surface area contributed by atoms with Gasteiger partial charge in [0.2, 0.25) is 0 Å². The minimum atomic E-state index is 0.493. The Bertz CT molecular complexity index is 219. The van der Waals surface area contributed by atoms with Crippen LogP contribution in [0.4, 0.5) is 0 Å². The summed E-state index contributed by atoms with van der Waals surface area (Å²) in [6.45, 7) is 5.60. The van der Waals surface area contributed by atoms with Gasteiger partial charge in [-0.1, -0.05) is 33.1 Å². The van der Waals surface area contributed by atoms with Crippen molar-refractivity contribution in [2.24, 2.45) is 5.92 Å². The van der Waals surface area contributed by atoms with E-state index < -0.39 is 0 Å². The van der Waals surface area contributed by atoms with E-state index in [4.69, 9.17) is 4.74 Å². The first-order chi connectivity index (χ1) is 8.35. The number of hydrogen-bond donors (Lipinski definition) is 1. The Balaban J connectivity index is 1.85. The molecule has 2 heteroatoms. The zero-order valence-corrected chi connectivity index (χ0v) is 11.6. The van der Waals surface area contributed by atoms with Crippen LogP contribution in [0.15, 0.2) is 0 Å². The molecule has 0 amide bonds. The van der Waals surface area contributed by atoms with Gasteiger partial charge in [-0.2, -0.15) is 0 Å². The highest BCUT2D eigenvalue weighted by Crippen LogP contribution is 2.33. The van der Waals surface area contributed by atoms with Crippen LogP contribution < -0.4 is 5.32 Å². The Morgan fingerprint density at radius 1 is 0.941 bits per heavy atom. The van der Waals surface area contributed by atoms with Crippen molar-refractivity contribution in [2.45, 2.75) is 83.5 Å². The van der Waals surface area contributed by atoms with E-state index in [1.807, 2.05) is 0 Å². The average molecular weight is 239 g/mol. The topological polar surface area (TPSA) is 21.3 Å². The standard InChI is InChI=1S/C15H29NO/c1-3-12-8-5-6-10-14(12)17-15-11-7-9-13(15)16-4-2/h12-16H,3-11H2,1-2H3. The lowest BCUT2D eigenvalue weighted by Gasteiger charge is -2.34. The van der Waals surface area contributed by atoms with E-state index in [0.717, 1.165) is 12.5 Å². The summed E-state index contributed by atoms with van der Waals surface area (Å²) in [7, 11) is 0. The first kappa shape index (κ1) is 13.4. The Kier molecular flexibility index (Phi) is 5.30. The molecule has 0 aromatic carbocycles. The predicted molar refractivity (Wildman–Crippen MR) is 72.2 cm³/mol. The van der Waals surface area contributed by atoms with Crippen LogP contribution in [-0.2, 0) is 4.74 Å². The summed E-state index contributed by atoms with van der Waals surface area (Å²) in [6.07, 6.45) is 11.7. The van der Waals surface area contributed by atoms with Crippen LogP contribution in [0, 0.1) is 5.92 Å². The van der Waals surface area contributed by atoms with Crippen LogP contribution in [0.1, 0.15) is 65.2 Å². The van der Waals surface area contributed by atoms with Gasteiger partial charge in [0, 0.05) is 6.04 Å². The number of rotatable bonds is 5. The molecule has 17 heavy (non-hydrogen) atoms. The second-order valence-corrected chi connectivity index (χ2v) is 5.76. The van der Waals surface area contributed by atoms with E-state index in [2.05, 4.69) is 19.2 Å². The molecule has 0 bridgehead atoms. The summed E-state index contributed by atoms with van der Waals surface area (Å²) in [5.41, 5.74) is 0. The SMILES string of the molecule is CCNC1CCCC1OC1CCCCC1CC. The quantitative estimate of drug-likeness (QED) is 0.793. The van der Waals surface area contributed by atoms with Gasteiger partial charge in [-0.3, -0.25) is 0 Å². The fourth-order valence-corrected chi connectivity index (χ4v) is 3.63. The third-order valence-electron chi connectivity index (χ3n) is 4.63. The van der Waals surface area contributed by atoms with Crippen LogP contribution in [0.5, 0.6) is 0 Å². The van der Waals surface area contributed by atoms with E-state index in [9.17, 15) is 0 Å². The molecule has 4 atom stereocenters. The molecule has 0 aromatic heterocycles. The molecule has 4 unspecified atom stereocenters. The minimum absolute atomic E-state index is 0.493. The maximum absolute atomic E-state index is 6.46. The molecule has 2 aliphatic carbocycles. The van der Waals surface area contributed by atoms with E-state index in [1.54, 1.807) is 0 Å². The number of nitrogens with one attached hydrogen (secondary N) is 1. The number of likely N-dealkylation sites (N-methyl/N-ethyl adjacent to an activating group) is 1. The zero-order chi connectivity index (χ0) is 12.1. The Hall–Kier alpha value is -0.0800. The van der Waals surface area contributed by atoms with Crippen molar-refractivity contribution in [1.29, 1.82) is 0 Å². The van der Waals surface area contributed by atoms with Gasteiger partial charge in [0.1, 0.15) is 0 Å². The molecule has 0 heterocycles. The smallest absolute Gasteiger partial charge is 0.0731 e. The molecule has 2 fully saturated rings. The summed E-state index contributed by atoms with van der Waals surface area (Å²) in [6, 6.07) is 0.624. The fourth-order valence-electron chi connectivity index (χ4n) is 3.63. The summed E-state index contributed by atoms with van der Waals surface area (Å²) >= 11 is 0. The van der Waals surface area contributed by atoms with E-state index >= 15 is 0 Å². The van der Waals surface area contributed by atoms with Gasteiger partial charge < -0.3 is 10.1 Å². The average Bonchev–Trinajstić information content (AvgIpc) is 2.78. The van der Waals surface area contributed by atoms with Crippen molar-refractivity contribution >= 4 is 0 Å². The third-order valence-corrected chi connectivity index (χ3v) is 4.63. The maximum Gasteiger partial charge on any atom is 0.0731 e. The molecule has 2 saturated carbocycles.